The lowest BCUT2D eigenvalue weighted by Gasteiger charge is -2.31. The summed E-state index contributed by atoms with van der Waals surface area (Å²) < 4.78 is 1.05. The molecule has 1 fully saturated rings. The molecule has 0 bridgehead atoms. The van der Waals surface area contributed by atoms with Gasteiger partial charge in [0.05, 0.1) is 12.2 Å². The molecule has 0 atom stereocenters. The van der Waals surface area contributed by atoms with Crippen LogP contribution < -0.4 is 5.32 Å². The molecule has 2 rings (SSSR count). The number of nitrogens with one attached hydrogen (secondary N) is 1. The molecule has 1 aromatic carbocycles. The highest BCUT2D eigenvalue weighted by Gasteiger charge is 2.18. The summed E-state index contributed by atoms with van der Waals surface area (Å²) in [5.74, 6) is 2.70. The fraction of sp³-hybridized carbons (Fsp3) is 0.429. The van der Waals surface area contributed by atoms with Crippen molar-refractivity contribution in [2.75, 3.05) is 25.0 Å². The molecule has 2 nitrogen and oxygen atoms in total. The van der Waals surface area contributed by atoms with Gasteiger partial charge in [-0.2, -0.15) is 0 Å². The summed E-state index contributed by atoms with van der Waals surface area (Å²) in [7, 11) is 0. The number of benzene rings is 1. The minimum absolute atomic E-state index is 0.494. The van der Waals surface area contributed by atoms with Crippen LogP contribution in [0.25, 0.3) is 0 Å². The molecule has 0 amide bonds. The van der Waals surface area contributed by atoms with Gasteiger partial charge in [0, 0.05) is 28.6 Å². The van der Waals surface area contributed by atoms with Crippen LogP contribution in [0.2, 0.25) is 5.02 Å². The zero-order chi connectivity index (χ0) is 13.0. The number of hydrogen-bond donors (Lipinski definition) is 1. The number of rotatable bonds is 3. The molecule has 1 saturated heterocycles. The zero-order valence-corrected chi connectivity index (χ0v) is 12.5. The Balaban J connectivity index is 1.92. The van der Waals surface area contributed by atoms with Crippen LogP contribution >= 0.6 is 27.5 Å². The molecule has 0 aromatic heterocycles. The summed E-state index contributed by atoms with van der Waals surface area (Å²) in [5.41, 5.74) is 1.07. The Morgan fingerprint density at radius 2 is 2.17 bits per heavy atom. The van der Waals surface area contributed by atoms with Gasteiger partial charge < -0.3 is 5.32 Å². The molecule has 1 heterocycles. The Labute approximate surface area is 122 Å². The lowest BCUT2D eigenvalue weighted by atomic mass is 10.0. The van der Waals surface area contributed by atoms with E-state index < -0.39 is 0 Å². The van der Waals surface area contributed by atoms with Crippen LogP contribution in [0.1, 0.15) is 12.8 Å². The molecule has 4 heteroatoms. The topological polar surface area (TPSA) is 15.3 Å². The molecule has 18 heavy (non-hydrogen) atoms. The zero-order valence-electron chi connectivity index (χ0n) is 10.1. The third kappa shape index (κ3) is 3.65. The van der Waals surface area contributed by atoms with E-state index in [0.29, 0.717) is 6.04 Å². The molecule has 0 radical (unpaired) electrons. The van der Waals surface area contributed by atoms with E-state index in [1.807, 2.05) is 18.2 Å². The molecular formula is C14H16BrClN2. The minimum Gasteiger partial charge on any atom is -0.381 e. The van der Waals surface area contributed by atoms with Gasteiger partial charge in [-0.25, -0.2) is 0 Å². The van der Waals surface area contributed by atoms with Crippen molar-refractivity contribution in [1.29, 1.82) is 0 Å². The Bertz CT molecular complexity index is 448. The largest absolute Gasteiger partial charge is 0.381 e. The monoisotopic (exact) mass is 326 g/mol. The number of anilines is 1. The second-order valence-electron chi connectivity index (χ2n) is 4.52. The molecule has 96 valence electrons. The first-order valence-electron chi connectivity index (χ1n) is 6.06. The Morgan fingerprint density at radius 3 is 2.83 bits per heavy atom. The molecule has 0 unspecified atom stereocenters. The standard InChI is InChI=1S/C14H16BrClN2/c1-2-7-18-8-5-12(6-9-18)17-14-10-11(16)3-4-13(14)15/h1,3-4,10,12,17H,5-9H2. The summed E-state index contributed by atoms with van der Waals surface area (Å²) in [4.78, 5) is 2.31. The fourth-order valence-electron chi connectivity index (χ4n) is 2.19. The van der Waals surface area contributed by atoms with Gasteiger partial charge in [-0.05, 0) is 47.0 Å². The number of piperidine rings is 1. The number of likely N-dealkylation sites (tertiary alicyclic amines) is 1. The van der Waals surface area contributed by atoms with E-state index in [1.165, 1.54) is 0 Å². The smallest absolute Gasteiger partial charge is 0.0598 e. The second kappa shape index (κ2) is 6.47. The highest BCUT2D eigenvalue weighted by Crippen LogP contribution is 2.28. The van der Waals surface area contributed by atoms with Crippen molar-refractivity contribution in [3.05, 3.63) is 27.7 Å². The number of halogens is 2. The average Bonchev–Trinajstić information content (AvgIpc) is 2.37. The van der Waals surface area contributed by atoms with Crippen LogP contribution in [0.4, 0.5) is 5.69 Å². The molecule has 0 saturated carbocycles. The number of hydrogen-bond acceptors (Lipinski definition) is 2. The summed E-state index contributed by atoms with van der Waals surface area (Å²) in [6, 6.07) is 6.30. The van der Waals surface area contributed by atoms with Gasteiger partial charge in [0.25, 0.3) is 0 Å². The highest BCUT2D eigenvalue weighted by atomic mass is 79.9. The van der Waals surface area contributed by atoms with Gasteiger partial charge in [-0.1, -0.05) is 17.5 Å². The molecule has 0 spiro atoms. The minimum atomic E-state index is 0.494. The summed E-state index contributed by atoms with van der Waals surface area (Å²) in [5, 5.41) is 4.30. The van der Waals surface area contributed by atoms with Crippen molar-refractivity contribution in [1.82, 2.24) is 4.90 Å². The lowest BCUT2D eigenvalue weighted by molar-refractivity contribution is 0.243. The van der Waals surface area contributed by atoms with Crippen LogP contribution in [0.5, 0.6) is 0 Å². The summed E-state index contributed by atoms with van der Waals surface area (Å²) in [6.45, 7) is 2.87. The first-order chi connectivity index (χ1) is 8.69. The maximum atomic E-state index is 6.01. The van der Waals surface area contributed by atoms with Crippen LogP contribution in [-0.4, -0.2) is 30.6 Å². The van der Waals surface area contributed by atoms with Crippen LogP contribution in [-0.2, 0) is 0 Å². The maximum absolute atomic E-state index is 6.01. The maximum Gasteiger partial charge on any atom is 0.0598 e. The van der Waals surface area contributed by atoms with Crippen molar-refractivity contribution in [3.8, 4) is 12.3 Å². The average molecular weight is 328 g/mol. The first kappa shape index (κ1) is 13.7. The van der Waals surface area contributed by atoms with Crippen LogP contribution in [0, 0.1) is 12.3 Å². The number of terminal acetylenes is 1. The summed E-state index contributed by atoms with van der Waals surface area (Å²) >= 11 is 9.54. The fourth-order valence-corrected chi connectivity index (χ4v) is 2.73. The van der Waals surface area contributed by atoms with E-state index in [4.69, 9.17) is 18.0 Å². The van der Waals surface area contributed by atoms with Gasteiger partial charge in [0.15, 0.2) is 0 Å². The quantitative estimate of drug-likeness (QED) is 0.853. The molecule has 1 aliphatic heterocycles. The van der Waals surface area contributed by atoms with Crippen molar-refractivity contribution >= 4 is 33.2 Å². The first-order valence-corrected chi connectivity index (χ1v) is 7.23. The van der Waals surface area contributed by atoms with Crippen molar-refractivity contribution in [2.24, 2.45) is 0 Å². The van der Waals surface area contributed by atoms with Crippen molar-refractivity contribution < 1.29 is 0 Å². The van der Waals surface area contributed by atoms with E-state index >= 15 is 0 Å². The Morgan fingerprint density at radius 1 is 1.44 bits per heavy atom. The SMILES string of the molecule is C#CCN1CCC(Nc2cc(Cl)ccc2Br)CC1. The predicted molar refractivity (Wildman–Crippen MR) is 81.1 cm³/mol. The third-order valence-corrected chi connectivity index (χ3v) is 4.12. The molecule has 1 N–H and O–H groups in total. The van der Waals surface area contributed by atoms with Crippen molar-refractivity contribution in [3.63, 3.8) is 0 Å². The van der Waals surface area contributed by atoms with Crippen LogP contribution in [0.15, 0.2) is 22.7 Å². The highest BCUT2D eigenvalue weighted by molar-refractivity contribution is 9.10. The molecule has 1 aromatic rings. The van der Waals surface area contributed by atoms with Gasteiger partial charge in [-0.15, -0.1) is 6.42 Å². The van der Waals surface area contributed by atoms with E-state index in [9.17, 15) is 0 Å². The summed E-state index contributed by atoms with van der Waals surface area (Å²) in [6.07, 6.45) is 7.55. The van der Waals surface area contributed by atoms with E-state index in [2.05, 4.69) is 32.1 Å². The van der Waals surface area contributed by atoms with Gasteiger partial charge in [-0.3, -0.25) is 4.90 Å². The van der Waals surface area contributed by atoms with E-state index in [1.54, 1.807) is 0 Å². The Hall–Kier alpha value is -0.690. The lowest BCUT2D eigenvalue weighted by Crippen LogP contribution is -2.39. The van der Waals surface area contributed by atoms with Crippen molar-refractivity contribution in [2.45, 2.75) is 18.9 Å². The van der Waals surface area contributed by atoms with Gasteiger partial charge in [0.2, 0.25) is 0 Å². The Kier molecular flexibility index (Phi) is 4.94. The van der Waals surface area contributed by atoms with Crippen LogP contribution in [0.3, 0.4) is 0 Å². The molecular weight excluding hydrogens is 312 g/mol. The number of nitrogens with zero attached hydrogens (tertiary/aromatic N) is 1. The van der Waals surface area contributed by atoms with Gasteiger partial charge >= 0.3 is 0 Å². The molecule has 0 aliphatic carbocycles. The normalized spacial score (nSPS) is 17.4. The molecule has 1 aliphatic rings. The van der Waals surface area contributed by atoms with E-state index in [0.717, 1.165) is 47.7 Å². The predicted octanol–water partition coefficient (Wildman–Crippen LogP) is 3.61. The second-order valence-corrected chi connectivity index (χ2v) is 5.81. The van der Waals surface area contributed by atoms with Gasteiger partial charge in [0.1, 0.15) is 0 Å². The third-order valence-electron chi connectivity index (χ3n) is 3.19. The van der Waals surface area contributed by atoms with E-state index in [-0.39, 0.29) is 0 Å².